The summed E-state index contributed by atoms with van der Waals surface area (Å²) in [5, 5.41) is 11.8. The summed E-state index contributed by atoms with van der Waals surface area (Å²) in [6, 6.07) is 8.87. The van der Waals surface area contributed by atoms with E-state index in [0.29, 0.717) is 6.04 Å². The fraction of sp³-hybridized carbons (Fsp3) is 0.385. The summed E-state index contributed by atoms with van der Waals surface area (Å²) >= 11 is 3.59. The molecule has 4 heteroatoms. The van der Waals surface area contributed by atoms with Crippen molar-refractivity contribution in [3.63, 3.8) is 0 Å². The second-order valence-corrected chi connectivity index (χ2v) is 5.05. The minimum atomic E-state index is 0.551. The summed E-state index contributed by atoms with van der Waals surface area (Å²) in [7, 11) is 0. The summed E-state index contributed by atoms with van der Waals surface area (Å²) < 4.78 is 0. The molecule has 1 unspecified atom stereocenters. The van der Waals surface area contributed by atoms with E-state index >= 15 is 0 Å². The van der Waals surface area contributed by atoms with Gasteiger partial charge in [-0.1, -0.05) is 40.2 Å². The third-order valence-corrected chi connectivity index (χ3v) is 4.13. The third kappa shape index (κ3) is 1.90. The molecule has 0 radical (unpaired) electrons. The van der Waals surface area contributed by atoms with Gasteiger partial charge in [0.15, 0.2) is 5.82 Å². The minimum absolute atomic E-state index is 0.551. The number of fused-ring (bicyclic) bond motifs is 1. The van der Waals surface area contributed by atoms with Gasteiger partial charge >= 0.3 is 0 Å². The number of nitrogens with zero attached hydrogens (tertiary/aromatic N) is 3. The van der Waals surface area contributed by atoms with Crippen LogP contribution in [0.4, 0.5) is 5.82 Å². The third-order valence-electron chi connectivity index (χ3n) is 3.38. The number of hydrogen-bond donors (Lipinski definition) is 0. The van der Waals surface area contributed by atoms with Crippen LogP contribution in [-0.2, 0) is 0 Å². The van der Waals surface area contributed by atoms with Crippen LogP contribution in [-0.4, -0.2) is 28.1 Å². The van der Waals surface area contributed by atoms with Crippen LogP contribution in [0.25, 0.3) is 10.8 Å². The van der Waals surface area contributed by atoms with Crippen LogP contribution in [0.1, 0.15) is 12.8 Å². The van der Waals surface area contributed by atoms with Gasteiger partial charge in [-0.15, -0.1) is 5.10 Å². The van der Waals surface area contributed by atoms with Crippen LogP contribution in [0.2, 0.25) is 0 Å². The summed E-state index contributed by atoms with van der Waals surface area (Å²) in [6.07, 6.45) is 4.30. The van der Waals surface area contributed by atoms with Crippen LogP contribution in [0, 0.1) is 0 Å². The Kier molecular flexibility index (Phi) is 2.97. The molecule has 0 aliphatic carbocycles. The zero-order valence-electron chi connectivity index (χ0n) is 9.51. The van der Waals surface area contributed by atoms with E-state index in [4.69, 9.17) is 0 Å². The number of aromatic nitrogens is 2. The fourth-order valence-electron chi connectivity index (χ4n) is 2.50. The molecule has 1 aromatic heterocycles. The number of benzene rings is 1. The van der Waals surface area contributed by atoms with Crippen molar-refractivity contribution in [2.75, 3.05) is 16.8 Å². The lowest BCUT2D eigenvalue weighted by Gasteiger charge is -2.24. The molecule has 1 saturated heterocycles. The molecule has 3 rings (SSSR count). The highest BCUT2D eigenvalue weighted by atomic mass is 79.9. The van der Waals surface area contributed by atoms with Gasteiger partial charge in [0, 0.05) is 28.7 Å². The van der Waals surface area contributed by atoms with E-state index in [1.54, 1.807) is 0 Å². The Morgan fingerprint density at radius 3 is 3.12 bits per heavy atom. The van der Waals surface area contributed by atoms with Gasteiger partial charge in [0.25, 0.3) is 0 Å². The van der Waals surface area contributed by atoms with Crippen molar-refractivity contribution < 1.29 is 0 Å². The van der Waals surface area contributed by atoms with E-state index in [1.807, 2.05) is 12.3 Å². The largest absolute Gasteiger partial charge is 0.351 e. The number of alkyl halides is 1. The molecule has 0 spiro atoms. The predicted molar refractivity (Wildman–Crippen MR) is 73.7 cm³/mol. The Morgan fingerprint density at radius 2 is 2.24 bits per heavy atom. The Hall–Kier alpha value is -1.16. The topological polar surface area (TPSA) is 29.0 Å². The van der Waals surface area contributed by atoms with Gasteiger partial charge in [-0.05, 0) is 12.8 Å². The van der Waals surface area contributed by atoms with Gasteiger partial charge < -0.3 is 4.90 Å². The SMILES string of the molecule is BrCC1CCCN1c1nncc2ccccc12. The lowest BCUT2D eigenvalue weighted by molar-refractivity contribution is 0.738. The van der Waals surface area contributed by atoms with Crippen molar-refractivity contribution in [2.24, 2.45) is 0 Å². The van der Waals surface area contributed by atoms with Gasteiger partial charge in [0.2, 0.25) is 0 Å². The maximum atomic E-state index is 4.34. The van der Waals surface area contributed by atoms with E-state index in [2.05, 4.69) is 49.2 Å². The van der Waals surface area contributed by atoms with Crippen LogP contribution in [0.5, 0.6) is 0 Å². The highest BCUT2D eigenvalue weighted by molar-refractivity contribution is 9.09. The molecule has 0 saturated carbocycles. The molecule has 1 atom stereocenters. The quantitative estimate of drug-likeness (QED) is 0.797. The molecule has 0 bridgehead atoms. The number of anilines is 1. The second kappa shape index (κ2) is 4.61. The van der Waals surface area contributed by atoms with Gasteiger partial charge in [0.1, 0.15) is 0 Å². The smallest absolute Gasteiger partial charge is 0.159 e. The highest BCUT2D eigenvalue weighted by Crippen LogP contribution is 2.30. The van der Waals surface area contributed by atoms with Crippen molar-refractivity contribution in [2.45, 2.75) is 18.9 Å². The van der Waals surface area contributed by atoms with Gasteiger partial charge in [-0.2, -0.15) is 5.10 Å². The average molecular weight is 292 g/mol. The zero-order valence-corrected chi connectivity index (χ0v) is 11.1. The standard InChI is InChI=1S/C13H14BrN3/c14-8-11-5-3-7-17(11)13-12-6-2-1-4-10(12)9-15-16-13/h1-2,4,6,9,11H,3,5,7-8H2. The molecule has 2 aromatic rings. The first-order valence-corrected chi connectivity index (χ1v) is 7.05. The summed E-state index contributed by atoms with van der Waals surface area (Å²) in [4.78, 5) is 2.38. The maximum absolute atomic E-state index is 4.34. The molecule has 88 valence electrons. The van der Waals surface area contributed by atoms with Crippen molar-refractivity contribution in [3.05, 3.63) is 30.5 Å². The fourth-order valence-corrected chi connectivity index (χ4v) is 3.17. The number of halogens is 1. The van der Waals surface area contributed by atoms with Crippen LogP contribution < -0.4 is 4.90 Å². The minimum Gasteiger partial charge on any atom is -0.351 e. The molecule has 0 N–H and O–H groups in total. The van der Waals surface area contributed by atoms with E-state index in [-0.39, 0.29) is 0 Å². The lowest BCUT2D eigenvalue weighted by Crippen LogP contribution is -2.31. The van der Waals surface area contributed by atoms with Crippen molar-refractivity contribution in [1.82, 2.24) is 10.2 Å². The van der Waals surface area contributed by atoms with E-state index in [0.717, 1.165) is 23.1 Å². The normalized spacial score (nSPS) is 20.1. The summed E-state index contributed by atoms with van der Waals surface area (Å²) in [5.74, 6) is 1.03. The summed E-state index contributed by atoms with van der Waals surface area (Å²) in [5.41, 5.74) is 0. The molecule has 3 nitrogen and oxygen atoms in total. The summed E-state index contributed by atoms with van der Waals surface area (Å²) in [6.45, 7) is 1.08. The molecule has 1 fully saturated rings. The Bertz CT molecular complexity index is 524. The van der Waals surface area contributed by atoms with E-state index < -0.39 is 0 Å². The van der Waals surface area contributed by atoms with Crippen LogP contribution in [0.3, 0.4) is 0 Å². The molecule has 1 aliphatic rings. The van der Waals surface area contributed by atoms with Crippen LogP contribution in [0.15, 0.2) is 30.5 Å². The molecule has 0 amide bonds. The first-order valence-electron chi connectivity index (χ1n) is 5.93. The number of hydrogen-bond acceptors (Lipinski definition) is 3. The Morgan fingerprint density at radius 1 is 1.35 bits per heavy atom. The predicted octanol–water partition coefficient (Wildman–Crippen LogP) is 2.99. The number of rotatable bonds is 2. The van der Waals surface area contributed by atoms with Crippen LogP contribution >= 0.6 is 15.9 Å². The first-order chi connectivity index (χ1) is 8.40. The average Bonchev–Trinajstić information content (AvgIpc) is 2.86. The molecule has 2 heterocycles. The molecule has 1 aromatic carbocycles. The van der Waals surface area contributed by atoms with Gasteiger partial charge in [0.05, 0.1) is 6.20 Å². The zero-order chi connectivity index (χ0) is 11.7. The molecular weight excluding hydrogens is 278 g/mol. The Labute approximate surface area is 109 Å². The monoisotopic (exact) mass is 291 g/mol. The van der Waals surface area contributed by atoms with Crippen molar-refractivity contribution in [1.29, 1.82) is 0 Å². The maximum Gasteiger partial charge on any atom is 0.159 e. The van der Waals surface area contributed by atoms with Crippen molar-refractivity contribution in [3.8, 4) is 0 Å². The molecular formula is C13H14BrN3. The Balaban J connectivity index is 2.10. The van der Waals surface area contributed by atoms with Gasteiger partial charge in [-0.3, -0.25) is 0 Å². The van der Waals surface area contributed by atoms with E-state index in [9.17, 15) is 0 Å². The molecule has 1 aliphatic heterocycles. The van der Waals surface area contributed by atoms with Gasteiger partial charge in [-0.25, -0.2) is 0 Å². The highest BCUT2D eigenvalue weighted by Gasteiger charge is 2.26. The van der Waals surface area contributed by atoms with Crippen molar-refractivity contribution >= 4 is 32.5 Å². The first kappa shape index (κ1) is 11.0. The lowest BCUT2D eigenvalue weighted by atomic mass is 10.2. The molecule has 17 heavy (non-hydrogen) atoms. The second-order valence-electron chi connectivity index (χ2n) is 4.40. The van der Waals surface area contributed by atoms with E-state index in [1.165, 1.54) is 18.2 Å².